The normalized spacial score (nSPS) is 10.4. The number of nitrogens with zero attached hydrogens (tertiary/aromatic N) is 2. The number of rotatable bonds is 3. The summed E-state index contributed by atoms with van der Waals surface area (Å²) in [6, 6.07) is 4.11. The van der Waals surface area contributed by atoms with E-state index in [1.807, 2.05) is 12.3 Å². The van der Waals surface area contributed by atoms with Gasteiger partial charge in [-0.3, -0.25) is 0 Å². The number of thiazole rings is 1. The molecule has 2 aromatic rings. The number of carbonyl (C=O) groups excluding carboxylic acids is 1. The molecule has 0 aliphatic rings. The zero-order valence-corrected chi connectivity index (χ0v) is 13.4. The maximum absolute atomic E-state index is 13.6. The van der Waals surface area contributed by atoms with Crippen LogP contribution >= 0.6 is 27.3 Å². The van der Waals surface area contributed by atoms with Crippen molar-refractivity contribution in [2.75, 3.05) is 12.4 Å². The highest BCUT2D eigenvalue weighted by atomic mass is 79.9. The Bertz CT molecular complexity index is 632. The van der Waals surface area contributed by atoms with Gasteiger partial charge in [-0.1, -0.05) is 15.9 Å². The highest BCUT2D eigenvalue weighted by molar-refractivity contribution is 9.10. The minimum Gasteiger partial charge on any atom is -0.322 e. The fourth-order valence-electron chi connectivity index (χ4n) is 1.60. The van der Waals surface area contributed by atoms with Gasteiger partial charge in [0.1, 0.15) is 5.82 Å². The van der Waals surface area contributed by atoms with Crippen LogP contribution in [-0.4, -0.2) is 23.0 Å². The van der Waals surface area contributed by atoms with Gasteiger partial charge in [0.05, 0.1) is 22.9 Å². The molecule has 0 aliphatic heterocycles. The van der Waals surface area contributed by atoms with Gasteiger partial charge in [-0.15, -0.1) is 11.3 Å². The van der Waals surface area contributed by atoms with E-state index < -0.39 is 5.82 Å². The Morgan fingerprint density at radius 2 is 2.30 bits per heavy atom. The van der Waals surface area contributed by atoms with Crippen LogP contribution in [0.5, 0.6) is 0 Å². The summed E-state index contributed by atoms with van der Waals surface area (Å²) in [5.74, 6) is -0.481. The van der Waals surface area contributed by atoms with E-state index in [0.717, 1.165) is 10.7 Å². The molecule has 4 nitrogen and oxygen atoms in total. The molecule has 2 rings (SSSR count). The van der Waals surface area contributed by atoms with Gasteiger partial charge < -0.3 is 10.2 Å². The number of aryl methyl sites for hydroxylation is 1. The standard InChI is InChI=1S/C13H13BrFN3OS/c1-8-16-10(7-20-8)6-18(2)13(19)17-12-4-3-9(14)5-11(12)15/h3-5,7H,6H2,1-2H3,(H,17,19). The van der Waals surface area contributed by atoms with Crippen molar-refractivity contribution in [2.45, 2.75) is 13.5 Å². The van der Waals surface area contributed by atoms with Gasteiger partial charge in [0, 0.05) is 16.9 Å². The first-order valence-corrected chi connectivity index (χ1v) is 7.51. The Morgan fingerprint density at radius 1 is 1.55 bits per heavy atom. The maximum Gasteiger partial charge on any atom is 0.322 e. The van der Waals surface area contributed by atoms with Crippen LogP contribution in [0.25, 0.3) is 0 Å². The number of aromatic nitrogens is 1. The van der Waals surface area contributed by atoms with Crippen molar-refractivity contribution in [1.29, 1.82) is 0 Å². The quantitative estimate of drug-likeness (QED) is 0.901. The molecule has 1 aromatic carbocycles. The molecule has 106 valence electrons. The van der Waals surface area contributed by atoms with Crippen LogP contribution < -0.4 is 5.32 Å². The smallest absolute Gasteiger partial charge is 0.322 e. The van der Waals surface area contributed by atoms with Crippen LogP contribution in [0.2, 0.25) is 0 Å². The number of hydrogen-bond donors (Lipinski definition) is 1. The van der Waals surface area contributed by atoms with Gasteiger partial charge in [0.25, 0.3) is 0 Å². The van der Waals surface area contributed by atoms with Gasteiger partial charge in [0.15, 0.2) is 0 Å². The molecule has 0 radical (unpaired) electrons. The summed E-state index contributed by atoms with van der Waals surface area (Å²) in [6.07, 6.45) is 0. The van der Waals surface area contributed by atoms with Gasteiger partial charge in [-0.2, -0.15) is 0 Å². The van der Waals surface area contributed by atoms with Crippen molar-refractivity contribution in [1.82, 2.24) is 9.88 Å². The second kappa shape index (κ2) is 6.32. The molecule has 0 atom stereocenters. The molecule has 0 unspecified atom stereocenters. The summed E-state index contributed by atoms with van der Waals surface area (Å²) in [7, 11) is 1.64. The number of carbonyl (C=O) groups is 1. The Hall–Kier alpha value is -1.47. The molecule has 0 fully saturated rings. The average Bonchev–Trinajstić information content (AvgIpc) is 2.78. The third-order valence-electron chi connectivity index (χ3n) is 2.59. The van der Waals surface area contributed by atoms with Gasteiger partial charge in [-0.25, -0.2) is 14.2 Å². The first-order chi connectivity index (χ1) is 9.45. The number of hydrogen-bond acceptors (Lipinski definition) is 3. The number of halogens is 2. The number of benzene rings is 1. The Kier molecular flexibility index (Phi) is 4.72. The lowest BCUT2D eigenvalue weighted by Gasteiger charge is -2.17. The van der Waals surface area contributed by atoms with E-state index in [0.29, 0.717) is 11.0 Å². The minimum absolute atomic E-state index is 0.152. The second-order valence-electron chi connectivity index (χ2n) is 4.27. The molecule has 1 aromatic heterocycles. The van der Waals surface area contributed by atoms with Crippen molar-refractivity contribution in [2.24, 2.45) is 0 Å². The molecule has 20 heavy (non-hydrogen) atoms. The summed E-state index contributed by atoms with van der Waals surface area (Å²) in [5.41, 5.74) is 0.973. The number of nitrogens with one attached hydrogen (secondary N) is 1. The summed E-state index contributed by atoms with van der Waals surface area (Å²) in [4.78, 5) is 17.7. The lowest BCUT2D eigenvalue weighted by Crippen LogP contribution is -2.31. The Balaban J connectivity index is 2.00. The Morgan fingerprint density at radius 3 is 2.90 bits per heavy atom. The van der Waals surface area contributed by atoms with Gasteiger partial charge in [-0.05, 0) is 25.1 Å². The monoisotopic (exact) mass is 357 g/mol. The van der Waals surface area contributed by atoms with Crippen LogP contribution in [0.3, 0.4) is 0 Å². The Labute approximate surface area is 128 Å². The highest BCUT2D eigenvalue weighted by Gasteiger charge is 2.13. The third kappa shape index (κ3) is 3.77. The summed E-state index contributed by atoms with van der Waals surface area (Å²) >= 11 is 4.70. The number of anilines is 1. The summed E-state index contributed by atoms with van der Waals surface area (Å²) in [5, 5.41) is 5.38. The third-order valence-corrected chi connectivity index (χ3v) is 3.90. The van der Waals surface area contributed by atoms with Gasteiger partial charge >= 0.3 is 6.03 Å². The second-order valence-corrected chi connectivity index (χ2v) is 6.25. The molecule has 1 heterocycles. The predicted molar refractivity (Wildman–Crippen MR) is 81.4 cm³/mol. The molecule has 0 aliphatic carbocycles. The van der Waals surface area contributed by atoms with Crippen LogP contribution in [0.1, 0.15) is 10.7 Å². The van der Waals surface area contributed by atoms with Crippen LogP contribution in [0.15, 0.2) is 28.1 Å². The van der Waals surface area contributed by atoms with E-state index in [1.165, 1.54) is 28.4 Å². The van der Waals surface area contributed by atoms with E-state index in [4.69, 9.17) is 0 Å². The van der Waals surface area contributed by atoms with Crippen LogP contribution in [0, 0.1) is 12.7 Å². The fourth-order valence-corrected chi connectivity index (χ4v) is 2.53. The van der Waals surface area contributed by atoms with E-state index in [1.54, 1.807) is 13.1 Å². The van der Waals surface area contributed by atoms with E-state index in [9.17, 15) is 9.18 Å². The zero-order chi connectivity index (χ0) is 14.7. The molecule has 0 bridgehead atoms. The number of amides is 2. The van der Waals surface area contributed by atoms with Crippen LogP contribution in [0.4, 0.5) is 14.9 Å². The molecule has 0 saturated heterocycles. The molecule has 0 spiro atoms. The molecule has 2 amide bonds. The zero-order valence-electron chi connectivity index (χ0n) is 11.0. The van der Waals surface area contributed by atoms with Crippen molar-refractivity contribution < 1.29 is 9.18 Å². The highest BCUT2D eigenvalue weighted by Crippen LogP contribution is 2.19. The minimum atomic E-state index is -0.481. The molecule has 0 saturated carbocycles. The van der Waals surface area contributed by atoms with Crippen molar-refractivity contribution in [3.63, 3.8) is 0 Å². The fraction of sp³-hybridized carbons (Fsp3) is 0.231. The van der Waals surface area contributed by atoms with E-state index in [-0.39, 0.29) is 11.7 Å². The van der Waals surface area contributed by atoms with Crippen molar-refractivity contribution >= 4 is 39.0 Å². The van der Waals surface area contributed by atoms with Crippen LogP contribution in [-0.2, 0) is 6.54 Å². The molecule has 1 N–H and O–H groups in total. The average molecular weight is 358 g/mol. The lowest BCUT2D eigenvalue weighted by atomic mass is 10.3. The first kappa shape index (κ1) is 14.9. The molecule has 7 heteroatoms. The van der Waals surface area contributed by atoms with Crippen molar-refractivity contribution in [3.05, 3.63) is 44.6 Å². The summed E-state index contributed by atoms with van der Waals surface area (Å²) in [6.45, 7) is 2.29. The predicted octanol–water partition coefficient (Wildman–Crippen LogP) is 4.02. The van der Waals surface area contributed by atoms with E-state index in [2.05, 4.69) is 26.2 Å². The SMILES string of the molecule is Cc1nc(CN(C)C(=O)Nc2ccc(Br)cc2F)cs1. The first-order valence-electron chi connectivity index (χ1n) is 5.84. The summed E-state index contributed by atoms with van der Waals surface area (Å²) < 4.78 is 14.3. The van der Waals surface area contributed by atoms with Crippen molar-refractivity contribution in [3.8, 4) is 0 Å². The molecular weight excluding hydrogens is 345 g/mol. The van der Waals surface area contributed by atoms with E-state index >= 15 is 0 Å². The maximum atomic E-state index is 13.6. The van der Waals surface area contributed by atoms with Gasteiger partial charge in [0.2, 0.25) is 0 Å². The largest absolute Gasteiger partial charge is 0.322 e. The topological polar surface area (TPSA) is 45.2 Å². The lowest BCUT2D eigenvalue weighted by molar-refractivity contribution is 0.220. The molecular formula is C13H13BrFN3OS. The number of urea groups is 1.